The van der Waals surface area contributed by atoms with E-state index in [2.05, 4.69) is 20.3 Å². The van der Waals surface area contributed by atoms with Crippen LogP contribution < -0.4 is 5.32 Å². The van der Waals surface area contributed by atoms with E-state index >= 15 is 0 Å². The Hall–Kier alpha value is -4.08. The maximum Gasteiger partial charge on any atom is 0.418 e. The molecule has 0 saturated carbocycles. The zero-order valence-corrected chi connectivity index (χ0v) is 20.7. The maximum atomic E-state index is 13.9. The lowest BCUT2D eigenvalue weighted by Crippen LogP contribution is -2.55. The highest BCUT2D eigenvalue weighted by atomic mass is 19.4. The number of benzene rings is 1. The van der Waals surface area contributed by atoms with Gasteiger partial charge in [-0.2, -0.15) is 13.2 Å². The second kappa shape index (κ2) is 10.00. The molecule has 1 aromatic carbocycles. The van der Waals surface area contributed by atoms with Crippen molar-refractivity contribution in [3.8, 4) is 0 Å². The molecule has 3 heterocycles. The third kappa shape index (κ3) is 4.78. The van der Waals surface area contributed by atoms with E-state index in [9.17, 15) is 22.8 Å². The van der Waals surface area contributed by atoms with Crippen LogP contribution in [0.25, 0.3) is 6.08 Å². The molecule has 0 radical (unpaired) electrons. The molecule has 1 aliphatic carbocycles. The van der Waals surface area contributed by atoms with Crippen LogP contribution in [0.1, 0.15) is 58.7 Å². The number of pyridine rings is 1. The van der Waals surface area contributed by atoms with Crippen LogP contribution in [0.2, 0.25) is 0 Å². The first kappa shape index (κ1) is 25.6. The number of likely N-dealkylation sites (tertiary alicyclic amines) is 1. The van der Waals surface area contributed by atoms with Gasteiger partial charge in [0.15, 0.2) is 0 Å². The number of rotatable bonds is 4. The maximum absolute atomic E-state index is 13.9. The summed E-state index contributed by atoms with van der Waals surface area (Å²) < 4.78 is 40.5. The Morgan fingerprint density at radius 2 is 1.79 bits per heavy atom. The normalized spacial score (nSPS) is 23.0. The molecular formula is C28H26F3N5O2. The topological polar surface area (TPSA) is 88.1 Å². The number of fused-ring (bicyclic) bond motifs is 1. The molecule has 3 atom stereocenters. The zero-order chi connectivity index (χ0) is 26.9. The number of hydrogen-bond acceptors (Lipinski definition) is 5. The summed E-state index contributed by atoms with van der Waals surface area (Å²) in [4.78, 5) is 41.3. The molecule has 5 rings (SSSR count). The van der Waals surface area contributed by atoms with Gasteiger partial charge in [0.2, 0.25) is 5.91 Å². The summed E-state index contributed by atoms with van der Waals surface area (Å²) in [7, 11) is 0. The molecule has 7 nitrogen and oxygen atoms in total. The minimum Gasteiger partial charge on any atom is -0.347 e. The lowest BCUT2D eigenvalue weighted by Gasteiger charge is -2.43. The van der Waals surface area contributed by atoms with Crippen molar-refractivity contribution in [3.63, 3.8) is 0 Å². The summed E-state index contributed by atoms with van der Waals surface area (Å²) in [6, 6.07) is 10.9. The number of carbonyl (C=O) groups excluding carboxylic acids is 2. The van der Waals surface area contributed by atoms with Gasteiger partial charge in [0.1, 0.15) is 5.69 Å². The Labute approximate surface area is 217 Å². The van der Waals surface area contributed by atoms with E-state index in [0.717, 1.165) is 17.7 Å². The largest absolute Gasteiger partial charge is 0.418 e. The number of aromatic nitrogens is 3. The first-order chi connectivity index (χ1) is 18.2. The summed E-state index contributed by atoms with van der Waals surface area (Å²) in [5.74, 6) is -1.32. The average Bonchev–Trinajstić information content (AvgIpc) is 2.93. The average molecular weight is 522 g/mol. The Morgan fingerprint density at radius 3 is 2.55 bits per heavy atom. The molecule has 2 aliphatic rings. The van der Waals surface area contributed by atoms with E-state index < -0.39 is 34.8 Å². The Kier molecular flexibility index (Phi) is 6.73. The van der Waals surface area contributed by atoms with Gasteiger partial charge in [-0.1, -0.05) is 36.4 Å². The molecule has 2 amide bonds. The molecule has 0 spiro atoms. The summed E-state index contributed by atoms with van der Waals surface area (Å²) in [5.41, 5.74) is -0.491. The Bertz CT molecular complexity index is 1380. The number of piperidine rings is 1. The molecule has 196 valence electrons. The second-order valence-corrected chi connectivity index (χ2v) is 9.76. The molecule has 2 aromatic heterocycles. The number of halogens is 3. The van der Waals surface area contributed by atoms with Crippen molar-refractivity contribution < 1.29 is 22.8 Å². The van der Waals surface area contributed by atoms with Crippen LogP contribution in [-0.2, 0) is 16.4 Å². The lowest BCUT2D eigenvalue weighted by molar-refractivity contribution is -0.139. The van der Waals surface area contributed by atoms with Crippen molar-refractivity contribution >= 4 is 17.9 Å². The Morgan fingerprint density at radius 1 is 1.03 bits per heavy atom. The molecule has 1 saturated heterocycles. The van der Waals surface area contributed by atoms with Crippen molar-refractivity contribution in [2.75, 3.05) is 13.1 Å². The SMILES string of the molecule is CC1(C(=O)N2CC[C@@H](NC(=O)c3ncccc3C(F)(F)F)[C@@H](c3ccccc3)C2)CC=Cc2nccnc21. The first-order valence-electron chi connectivity index (χ1n) is 12.3. The molecule has 1 unspecified atom stereocenters. The summed E-state index contributed by atoms with van der Waals surface area (Å²) in [6.45, 7) is 2.48. The van der Waals surface area contributed by atoms with Crippen molar-refractivity contribution in [2.24, 2.45) is 0 Å². The second-order valence-electron chi connectivity index (χ2n) is 9.76. The van der Waals surface area contributed by atoms with E-state index in [1.807, 2.05) is 49.4 Å². The molecule has 1 N–H and O–H groups in total. The molecule has 38 heavy (non-hydrogen) atoms. The fourth-order valence-electron chi connectivity index (χ4n) is 5.34. The predicted molar refractivity (Wildman–Crippen MR) is 134 cm³/mol. The van der Waals surface area contributed by atoms with Crippen LogP contribution in [-0.4, -0.2) is 50.8 Å². The minimum absolute atomic E-state index is 0.0987. The van der Waals surface area contributed by atoms with Gasteiger partial charge in [-0.25, -0.2) is 0 Å². The monoisotopic (exact) mass is 521 g/mol. The summed E-state index contributed by atoms with van der Waals surface area (Å²) in [5, 5.41) is 2.79. The van der Waals surface area contributed by atoms with Crippen LogP contribution in [0, 0.1) is 0 Å². The van der Waals surface area contributed by atoms with Crippen LogP contribution in [0.5, 0.6) is 0 Å². The van der Waals surface area contributed by atoms with E-state index in [1.54, 1.807) is 17.3 Å². The van der Waals surface area contributed by atoms with E-state index in [1.165, 1.54) is 6.20 Å². The van der Waals surface area contributed by atoms with Gasteiger partial charge < -0.3 is 10.2 Å². The Balaban J connectivity index is 1.41. The standard InChI is InChI=1S/C28H26F3N5O2/c1-27(12-5-10-22-24(27)34-15-14-32-22)26(38)36-16-11-21(19(17-36)18-7-3-2-4-8-18)35-25(37)23-20(28(29,30)31)9-6-13-33-23/h2-10,13-15,19,21H,11-12,16-17H2,1H3,(H,35,37)/t19-,21-,27?/m1/s1. The molecule has 0 bridgehead atoms. The van der Waals surface area contributed by atoms with Crippen LogP contribution in [0.4, 0.5) is 13.2 Å². The van der Waals surface area contributed by atoms with E-state index in [4.69, 9.17) is 0 Å². The van der Waals surface area contributed by atoms with Crippen LogP contribution in [0.3, 0.4) is 0 Å². The number of amides is 2. The number of carbonyl (C=O) groups is 2. The summed E-state index contributed by atoms with van der Waals surface area (Å²) >= 11 is 0. The van der Waals surface area contributed by atoms with E-state index in [0.29, 0.717) is 30.8 Å². The fraction of sp³-hybridized carbons (Fsp3) is 0.321. The fourth-order valence-corrected chi connectivity index (χ4v) is 5.34. The van der Waals surface area contributed by atoms with Crippen molar-refractivity contribution in [1.82, 2.24) is 25.2 Å². The summed E-state index contributed by atoms with van der Waals surface area (Å²) in [6.07, 6.45) is 4.24. The van der Waals surface area contributed by atoms with Gasteiger partial charge in [0.25, 0.3) is 5.91 Å². The molecule has 1 aliphatic heterocycles. The number of hydrogen-bond donors (Lipinski definition) is 1. The minimum atomic E-state index is -4.71. The third-order valence-corrected chi connectivity index (χ3v) is 7.30. The predicted octanol–water partition coefficient (Wildman–Crippen LogP) is 4.38. The third-order valence-electron chi connectivity index (χ3n) is 7.30. The quantitative estimate of drug-likeness (QED) is 0.551. The first-order valence-corrected chi connectivity index (χ1v) is 12.3. The molecular weight excluding hydrogens is 495 g/mol. The zero-order valence-electron chi connectivity index (χ0n) is 20.7. The number of nitrogens with zero attached hydrogens (tertiary/aromatic N) is 4. The molecule has 3 aromatic rings. The lowest BCUT2D eigenvalue weighted by atomic mass is 9.76. The van der Waals surface area contributed by atoms with E-state index in [-0.39, 0.29) is 18.4 Å². The number of alkyl halides is 3. The highest BCUT2D eigenvalue weighted by Gasteiger charge is 2.45. The van der Waals surface area contributed by atoms with Gasteiger partial charge in [0, 0.05) is 43.6 Å². The highest BCUT2D eigenvalue weighted by molar-refractivity contribution is 5.94. The number of nitrogens with one attached hydrogen (secondary N) is 1. The van der Waals surface area contributed by atoms with Crippen molar-refractivity contribution in [1.29, 1.82) is 0 Å². The smallest absolute Gasteiger partial charge is 0.347 e. The number of allylic oxidation sites excluding steroid dienone is 1. The molecule has 1 fully saturated rings. The van der Waals surface area contributed by atoms with Gasteiger partial charge in [-0.05, 0) is 43.5 Å². The molecule has 10 heteroatoms. The van der Waals surface area contributed by atoms with Crippen LogP contribution >= 0.6 is 0 Å². The van der Waals surface area contributed by atoms with Gasteiger partial charge in [-0.15, -0.1) is 0 Å². The van der Waals surface area contributed by atoms with Crippen molar-refractivity contribution in [3.05, 3.63) is 95.3 Å². The van der Waals surface area contributed by atoms with Gasteiger partial charge in [0.05, 0.1) is 22.4 Å². The van der Waals surface area contributed by atoms with Crippen LogP contribution in [0.15, 0.2) is 67.1 Å². The van der Waals surface area contributed by atoms with Gasteiger partial charge in [-0.3, -0.25) is 24.5 Å². The van der Waals surface area contributed by atoms with Gasteiger partial charge >= 0.3 is 6.18 Å². The van der Waals surface area contributed by atoms with Crippen molar-refractivity contribution in [2.45, 2.75) is 43.3 Å². The highest BCUT2D eigenvalue weighted by Crippen LogP contribution is 2.37.